The monoisotopic (exact) mass is 888 g/mol. The summed E-state index contributed by atoms with van der Waals surface area (Å²) in [4.78, 5) is 66.7. The second-order valence-electron chi connectivity index (χ2n) is 20.0. The Morgan fingerprint density at radius 1 is 1.00 bits per heavy atom. The molecule has 0 radical (unpaired) electrons. The van der Waals surface area contributed by atoms with Gasteiger partial charge in [-0.1, -0.05) is 31.1 Å². The SMILES string of the molecule is C=C[C@@H]1CC1(CC(=O)[C@@H]1C[C@@H]2CN1C(=O)[C@H](C1CCOCC1)CC(=O)O[C@@H]1C[C@H]1CCCCCc1c(nc3ccccc3c1OC1CCN(C)CC1)O2)C(=O)NS(=O)(=O)C1(C)CC1. The number of sulfonamides is 1. The van der Waals surface area contributed by atoms with E-state index in [4.69, 9.17) is 23.9 Å². The van der Waals surface area contributed by atoms with Crippen molar-refractivity contribution < 1.29 is 46.5 Å². The quantitative estimate of drug-likeness (QED) is 0.229. The van der Waals surface area contributed by atoms with Crippen molar-refractivity contribution in [3.8, 4) is 11.6 Å². The molecule has 9 rings (SSSR count). The van der Waals surface area contributed by atoms with Crippen molar-refractivity contribution in [2.45, 2.75) is 139 Å². The molecule has 4 aliphatic heterocycles. The van der Waals surface area contributed by atoms with E-state index in [-0.39, 0.29) is 62.0 Å². The van der Waals surface area contributed by atoms with E-state index in [9.17, 15) is 22.8 Å². The third kappa shape index (κ3) is 9.25. The minimum atomic E-state index is -3.97. The maximum atomic E-state index is 15.2. The fourth-order valence-electron chi connectivity index (χ4n) is 10.7. The summed E-state index contributed by atoms with van der Waals surface area (Å²) in [5.41, 5.74) is 0.298. The van der Waals surface area contributed by atoms with Crippen LogP contribution in [0, 0.1) is 29.1 Å². The number of piperidine rings is 1. The Kier molecular flexibility index (Phi) is 12.4. The molecule has 7 atom stereocenters. The number of fused-ring (bicyclic) bond motifs is 5. The lowest BCUT2D eigenvalue weighted by Crippen LogP contribution is -2.48. The lowest BCUT2D eigenvalue weighted by molar-refractivity contribution is -0.154. The molecule has 1 N–H and O–H groups in total. The van der Waals surface area contributed by atoms with Crippen molar-refractivity contribution in [3.05, 3.63) is 42.5 Å². The van der Waals surface area contributed by atoms with Crippen molar-refractivity contribution in [3.63, 3.8) is 0 Å². The van der Waals surface area contributed by atoms with Crippen LogP contribution < -0.4 is 14.2 Å². The van der Waals surface area contributed by atoms with Crippen LogP contribution >= 0.6 is 0 Å². The first-order valence-electron chi connectivity index (χ1n) is 23.5. The molecule has 15 heteroatoms. The Balaban J connectivity index is 1.07. The second kappa shape index (κ2) is 17.7. The van der Waals surface area contributed by atoms with E-state index in [1.54, 1.807) is 17.9 Å². The number of carbonyl (C=O) groups excluding carboxylic acids is 4. The summed E-state index contributed by atoms with van der Waals surface area (Å²) in [7, 11) is -1.84. The smallest absolute Gasteiger partial charge is 0.306 e. The molecule has 63 heavy (non-hydrogen) atoms. The first-order valence-corrected chi connectivity index (χ1v) is 25.0. The number of hydrogen-bond acceptors (Lipinski definition) is 12. The number of carbonyl (C=O) groups is 4. The van der Waals surface area contributed by atoms with E-state index in [1.807, 2.05) is 24.3 Å². The summed E-state index contributed by atoms with van der Waals surface area (Å²) >= 11 is 0. The van der Waals surface area contributed by atoms with E-state index in [2.05, 4.69) is 23.2 Å². The summed E-state index contributed by atoms with van der Waals surface area (Å²) in [6.45, 7) is 8.37. The molecule has 3 saturated carbocycles. The zero-order valence-corrected chi connectivity index (χ0v) is 37.7. The second-order valence-corrected chi connectivity index (χ2v) is 22.2. The normalized spacial score (nSPS) is 31.9. The highest BCUT2D eigenvalue weighted by Crippen LogP contribution is 2.57. The number of ether oxygens (including phenoxy) is 4. The molecule has 2 amide bonds. The number of amides is 2. The fraction of sp³-hybridized carbons (Fsp3) is 0.688. The van der Waals surface area contributed by atoms with Crippen LogP contribution in [-0.2, 0) is 45.1 Å². The molecule has 342 valence electrons. The summed E-state index contributed by atoms with van der Waals surface area (Å²) in [5.74, 6) is -1.62. The molecule has 5 heterocycles. The number of Topliss-reactive ketones (excluding diaryl/α,β-unsaturated/α-hetero) is 1. The minimum absolute atomic E-state index is 0.0239. The van der Waals surface area contributed by atoms with Crippen LogP contribution in [0.2, 0.25) is 0 Å². The van der Waals surface area contributed by atoms with Gasteiger partial charge in [-0.25, -0.2) is 13.4 Å². The number of para-hydroxylation sites is 1. The van der Waals surface area contributed by atoms with E-state index < -0.39 is 56.0 Å². The molecule has 3 aliphatic carbocycles. The molecule has 2 aromatic rings. The molecule has 1 unspecified atom stereocenters. The van der Waals surface area contributed by atoms with Crippen molar-refractivity contribution in [2.75, 3.05) is 39.9 Å². The van der Waals surface area contributed by atoms with E-state index in [0.29, 0.717) is 57.1 Å². The van der Waals surface area contributed by atoms with Gasteiger partial charge in [0.2, 0.25) is 27.7 Å². The number of rotatable bonds is 10. The van der Waals surface area contributed by atoms with E-state index >= 15 is 4.79 Å². The van der Waals surface area contributed by atoms with Gasteiger partial charge in [-0.15, -0.1) is 6.58 Å². The highest BCUT2D eigenvalue weighted by Gasteiger charge is 2.62. The van der Waals surface area contributed by atoms with Crippen LogP contribution in [0.1, 0.15) is 109 Å². The van der Waals surface area contributed by atoms with Gasteiger partial charge in [-0.3, -0.25) is 23.9 Å². The number of nitrogens with one attached hydrogen (secondary N) is 1. The molecular weight excluding hydrogens is 825 g/mol. The van der Waals surface area contributed by atoms with Gasteiger partial charge in [0.05, 0.1) is 46.2 Å². The Morgan fingerprint density at radius 2 is 1.76 bits per heavy atom. The first-order chi connectivity index (χ1) is 30.3. The van der Waals surface area contributed by atoms with Crippen molar-refractivity contribution in [2.24, 2.45) is 29.1 Å². The number of ketones is 1. The number of esters is 1. The van der Waals surface area contributed by atoms with Crippen LogP contribution in [0.4, 0.5) is 0 Å². The van der Waals surface area contributed by atoms with Crippen LogP contribution in [0.25, 0.3) is 10.9 Å². The number of likely N-dealkylation sites (tertiary alicyclic amines) is 1. The molecule has 6 fully saturated rings. The number of pyridine rings is 1. The van der Waals surface area contributed by atoms with Gasteiger partial charge in [0, 0.05) is 44.5 Å². The van der Waals surface area contributed by atoms with Gasteiger partial charge in [0.25, 0.3) is 0 Å². The molecule has 7 aliphatic rings. The Morgan fingerprint density at radius 3 is 2.49 bits per heavy atom. The molecule has 3 saturated heterocycles. The largest absolute Gasteiger partial charge is 0.489 e. The summed E-state index contributed by atoms with van der Waals surface area (Å²) in [5, 5.41) is 0.918. The molecular formula is C48H64N4O10S. The molecule has 2 bridgehead atoms. The highest BCUT2D eigenvalue weighted by molar-refractivity contribution is 7.91. The lowest BCUT2D eigenvalue weighted by Gasteiger charge is -2.34. The fourth-order valence-corrected chi connectivity index (χ4v) is 12.0. The zero-order valence-electron chi connectivity index (χ0n) is 36.9. The average molecular weight is 889 g/mol. The van der Waals surface area contributed by atoms with Crippen LogP contribution in [0.15, 0.2) is 36.9 Å². The zero-order chi connectivity index (χ0) is 44.1. The summed E-state index contributed by atoms with van der Waals surface area (Å²) in [6.07, 6.45) is 9.95. The van der Waals surface area contributed by atoms with Gasteiger partial charge in [0.1, 0.15) is 24.1 Å². The van der Waals surface area contributed by atoms with Gasteiger partial charge in [-0.05, 0) is 114 Å². The summed E-state index contributed by atoms with van der Waals surface area (Å²) < 4.78 is 53.4. The first kappa shape index (κ1) is 44.1. The number of nitrogens with zero attached hydrogens (tertiary/aromatic N) is 3. The topological polar surface area (TPSA) is 171 Å². The standard InChI is InChI=1S/C48H64N4O10S/c1-4-32-27-48(32,46(56)50-63(57,58)47(2)18-19-47)28-40(53)39-25-34-29-52(39)45(55)37(30-16-22-59-23-17-30)26-42(54)62-41-24-31(41)10-6-5-7-12-36-43(60-33-14-20-51(3)21-15-33)35-11-8-9-13-38(35)49-44(36)61-34/h4,8-9,11,13,30-34,37,39,41H,1,5-7,10,12,14-29H2,2-3H3,(H,50,56)/t31-,32-,34-,37+,39+,41-,48?/m1/s1. The number of allylic oxidation sites excluding steroid dienone is 1. The van der Waals surface area contributed by atoms with Gasteiger partial charge >= 0.3 is 5.97 Å². The van der Waals surface area contributed by atoms with Crippen LogP contribution in [0.5, 0.6) is 11.6 Å². The molecule has 1 aromatic carbocycles. The predicted molar refractivity (Wildman–Crippen MR) is 234 cm³/mol. The van der Waals surface area contributed by atoms with Gasteiger partial charge < -0.3 is 28.7 Å². The third-order valence-electron chi connectivity index (χ3n) is 15.4. The van der Waals surface area contributed by atoms with Crippen molar-refractivity contribution in [1.82, 2.24) is 19.5 Å². The van der Waals surface area contributed by atoms with Crippen LogP contribution in [0.3, 0.4) is 0 Å². The Hall–Kier alpha value is -4.08. The third-order valence-corrected chi connectivity index (χ3v) is 17.6. The molecule has 14 nitrogen and oxygen atoms in total. The summed E-state index contributed by atoms with van der Waals surface area (Å²) in [6, 6.07) is 6.94. The van der Waals surface area contributed by atoms with Gasteiger partial charge in [0.15, 0.2) is 5.78 Å². The minimum Gasteiger partial charge on any atom is -0.489 e. The number of aromatic nitrogens is 1. The van der Waals surface area contributed by atoms with Gasteiger partial charge in [-0.2, -0.15) is 0 Å². The van der Waals surface area contributed by atoms with Crippen LogP contribution in [-0.4, -0.2) is 116 Å². The van der Waals surface area contributed by atoms with E-state index in [1.165, 1.54) is 0 Å². The van der Waals surface area contributed by atoms with Crippen molar-refractivity contribution >= 4 is 44.5 Å². The Bertz CT molecular complexity index is 2220. The van der Waals surface area contributed by atoms with E-state index in [0.717, 1.165) is 80.3 Å². The lowest BCUT2D eigenvalue weighted by atomic mass is 9.82. The Labute approximate surface area is 371 Å². The molecule has 1 aromatic heterocycles. The highest BCUT2D eigenvalue weighted by atomic mass is 32.2. The predicted octanol–water partition coefficient (Wildman–Crippen LogP) is 5.69. The molecule has 0 spiro atoms. The van der Waals surface area contributed by atoms with Crippen molar-refractivity contribution in [1.29, 1.82) is 0 Å². The number of benzene rings is 1. The maximum absolute atomic E-state index is 15.2. The maximum Gasteiger partial charge on any atom is 0.306 e. The number of hydrogen-bond donors (Lipinski definition) is 1. The average Bonchev–Trinajstić information content (AvgIpc) is 4.23.